The van der Waals surface area contributed by atoms with E-state index in [0.717, 1.165) is 12.0 Å². The first-order valence-electron chi connectivity index (χ1n) is 5.80. The maximum Gasteiger partial charge on any atom is 0.234 e. The summed E-state index contributed by atoms with van der Waals surface area (Å²) in [4.78, 5) is 0. The summed E-state index contributed by atoms with van der Waals surface area (Å²) in [7, 11) is -3.33. The zero-order valence-electron chi connectivity index (χ0n) is 10.4. The summed E-state index contributed by atoms with van der Waals surface area (Å²) in [6, 6.07) is 7.20. The third-order valence-corrected chi connectivity index (χ3v) is 3.75. The standard InChI is InChI=1S/C12H18ClNO3S/c1-2-17-9-10-18(15,16)14-12-5-3-11(4-6-12)7-8-13/h3-6,14H,2,7-10H2,1H3. The van der Waals surface area contributed by atoms with Crippen LogP contribution in [-0.4, -0.2) is 33.3 Å². The predicted molar refractivity (Wildman–Crippen MR) is 74.8 cm³/mol. The lowest BCUT2D eigenvalue weighted by atomic mass is 10.2. The largest absolute Gasteiger partial charge is 0.381 e. The Morgan fingerprint density at radius 3 is 2.50 bits per heavy atom. The van der Waals surface area contributed by atoms with Crippen LogP contribution in [0.25, 0.3) is 0 Å². The Labute approximate surface area is 113 Å². The fourth-order valence-electron chi connectivity index (χ4n) is 1.39. The summed E-state index contributed by atoms with van der Waals surface area (Å²) < 4.78 is 30.9. The van der Waals surface area contributed by atoms with Gasteiger partial charge in [0.1, 0.15) is 0 Å². The number of hydrogen-bond acceptors (Lipinski definition) is 3. The van der Waals surface area contributed by atoms with Gasteiger partial charge in [-0.25, -0.2) is 8.42 Å². The summed E-state index contributed by atoms with van der Waals surface area (Å²) in [6.45, 7) is 2.55. The summed E-state index contributed by atoms with van der Waals surface area (Å²) in [6.07, 6.45) is 0.777. The fourth-order valence-corrected chi connectivity index (χ4v) is 2.54. The average molecular weight is 292 g/mol. The van der Waals surface area contributed by atoms with Crippen LogP contribution >= 0.6 is 11.6 Å². The van der Waals surface area contributed by atoms with E-state index >= 15 is 0 Å². The van der Waals surface area contributed by atoms with Crippen molar-refractivity contribution in [3.8, 4) is 0 Å². The molecule has 1 N–H and O–H groups in total. The van der Waals surface area contributed by atoms with Gasteiger partial charge in [0.25, 0.3) is 0 Å². The van der Waals surface area contributed by atoms with Crippen molar-refractivity contribution in [1.82, 2.24) is 0 Å². The van der Waals surface area contributed by atoms with Gasteiger partial charge < -0.3 is 4.74 Å². The van der Waals surface area contributed by atoms with Gasteiger partial charge in [-0.15, -0.1) is 11.6 Å². The van der Waals surface area contributed by atoms with Crippen molar-refractivity contribution in [2.24, 2.45) is 0 Å². The van der Waals surface area contributed by atoms with Gasteiger partial charge in [-0.3, -0.25) is 4.72 Å². The third kappa shape index (κ3) is 5.71. The summed E-state index contributed by atoms with van der Waals surface area (Å²) in [5.41, 5.74) is 1.65. The van der Waals surface area contributed by atoms with Gasteiger partial charge in [0.15, 0.2) is 0 Å². The molecule has 0 bridgehead atoms. The molecule has 0 aromatic heterocycles. The third-order valence-electron chi connectivity index (χ3n) is 2.31. The van der Waals surface area contributed by atoms with Crippen LogP contribution in [0.15, 0.2) is 24.3 Å². The van der Waals surface area contributed by atoms with Crippen molar-refractivity contribution in [1.29, 1.82) is 0 Å². The molecule has 1 aromatic carbocycles. The van der Waals surface area contributed by atoms with Crippen LogP contribution in [0.2, 0.25) is 0 Å². The van der Waals surface area contributed by atoms with E-state index in [0.29, 0.717) is 18.2 Å². The summed E-state index contributed by atoms with van der Waals surface area (Å²) >= 11 is 5.63. The van der Waals surface area contributed by atoms with Gasteiger partial charge in [-0.05, 0) is 31.0 Å². The Morgan fingerprint density at radius 2 is 1.94 bits per heavy atom. The lowest BCUT2D eigenvalue weighted by Crippen LogP contribution is -2.20. The molecule has 0 amide bonds. The fraction of sp³-hybridized carbons (Fsp3) is 0.500. The van der Waals surface area contributed by atoms with Crippen molar-refractivity contribution < 1.29 is 13.2 Å². The van der Waals surface area contributed by atoms with E-state index in [1.165, 1.54) is 0 Å². The molecular formula is C12H18ClNO3S. The number of benzene rings is 1. The first-order valence-corrected chi connectivity index (χ1v) is 7.99. The number of nitrogens with one attached hydrogen (secondary N) is 1. The molecule has 18 heavy (non-hydrogen) atoms. The lowest BCUT2D eigenvalue weighted by Gasteiger charge is -2.08. The van der Waals surface area contributed by atoms with Gasteiger partial charge in [0.05, 0.1) is 12.4 Å². The molecule has 4 nitrogen and oxygen atoms in total. The van der Waals surface area contributed by atoms with E-state index < -0.39 is 10.0 Å². The Bertz CT molecular complexity index is 445. The molecule has 0 heterocycles. The van der Waals surface area contributed by atoms with E-state index in [9.17, 15) is 8.42 Å². The Kier molecular flexibility index (Phi) is 6.46. The molecule has 0 spiro atoms. The molecule has 1 rings (SSSR count). The number of ether oxygens (including phenoxy) is 1. The molecule has 0 fully saturated rings. The van der Waals surface area contributed by atoms with Crippen LogP contribution in [0, 0.1) is 0 Å². The molecule has 0 aliphatic carbocycles. The monoisotopic (exact) mass is 291 g/mol. The number of alkyl halides is 1. The lowest BCUT2D eigenvalue weighted by molar-refractivity contribution is 0.163. The van der Waals surface area contributed by atoms with Crippen LogP contribution in [-0.2, 0) is 21.2 Å². The van der Waals surface area contributed by atoms with Crippen molar-refractivity contribution >= 4 is 27.3 Å². The van der Waals surface area contributed by atoms with Crippen LogP contribution in [0.1, 0.15) is 12.5 Å². The predicted octanol–water partition coefficient (Wildman–Crippen LogP) is 2.25. The highest BCUT2D eigenvalue weighted by molar-refractivity contribution is 7.92. The van der Waals surface area contributed by atoms with Gasteiger partial charge in [-0.1, -0.05) is 12.1 Å². The molecule has 0 saturated carbocycles. The number of aryl methyl sites for hydroxylation is 1. The van der Waals surface area contributed by atoms with Crippen LogP contribution < -0.4 is 4.72 Å². The molecule has 0 radical (unpaired) electrons. The Morgan fingerprint density at radius 1 is 1.28 bits per heavy atom. The second-order valence-electron chi connectivity index (χ2n) is 3.75. The smallest absolute Gasteiger partial charge is 0.234 e. The van der Waals surface area contributed by atoms with Crippen LogP contribution in [0.4, 0.5) is 5.69 Å². The first-order chi connectivity index (χ1) is 8.57. The zero-order chi connectivity index (χ0) is 13.4. The topological polar surface area (TPSA) is 55.4 Å². The van der Waals surface area contributed by atoms with E-state index in [2.05, 4.69) is 4.72 Å². The SMILES string of the molecule is CCOCCS(=O)(=O)Nc1ccc(CCCl)cc1. The van der Waals surface area contributed by atoms with Crippen molar-refractivity contribution in [2.45, 2.75) is 13.3 Å². The molecule has 0 saturated heterocycles. The minimum Gasteiger partial charge on any atom is -0.381 e. The van der Waals surface area contributed by atoms with Crippen LogP contribution in [0.5, 0.6) is 0 Å². The molecule has 0 aliphatic rings. The number of anilines is 1. The second kappa shape index (κ2) is 7.61. The highest BCUT2D eigenvalue weighted by Crippen LogP contribution is 2.12. The van der Waals surface area contributed by atoms with E-state index in [4.69, 9.17) is 16.3 Å². The van der Waals surface area contributed by atoms with Gasteiger partial charge in [0.2, 0.25) is 10.0 Å². The minimum absolute atomic E-state index is 0.0374. The Balaban J connectivity index is 2.55. The maximum absolute atomic E-state index is 11.7. The molecule has 102 valence electrons. The van der Waals surface area contributed by atoms with E-state index in [1.54, 1.807) is 12.1 Å². The maximum atomic E-state index is 11.7. The normalized spacial score (nSPS) is 11.4. The average Bonchev–Trinajstić information content (AvgIpc) is 2.32. The summed E-state index contributed by atoms with van der Waals surface area (Å²) in [5, 5.41) is 0. The number of halogens is 1. The van der Waals surface area contributed by atoms with Crippen molar-refractivity contribution in [3.05, 3.63) is 29.8 Å². The molecular weight excluding hydrogens is 274 g/mol. The number of rotatable bonds is 8. The van der Waals surface area contributed by atoms with Gasteiger partial charge in [0, 0.05) is 18.2 Å². The van der Waals surface area contributed by atoms with Crippen molar-refractivity contribution in [3.63, 3.8) is 0 Å². The molecule has 0 atom stereocenters. The minimum atomic E-state index is -3.33. The van der Waals surface area contributed by atoms with Gasteiger partial charge >= 0.3 is 0 Å². The van der Waals surface area contributed by atoms with E-state index in [-0.39, 0.29) is 12.4 Å². The highest BCUT2D eigenvalue weighted by atomic mass is 35.5. The molecule has 6 heteroatoms. The Hall–Kier alpha value is -0.780. The number of hydrogen-bond donors (Lipinski definition) is 1. The number of sulfonamides is 1. The van der Waals surface area contributed by atoms with Crippen LogP contribution in [0.3, 0.4) is 0 Å². The highest BCUT2D eigenvalue weighted by Gasteiger charge is 2.09. The molecule has 0 unspecified atom stereocenters. The zero-order valence-corrected chi connectivity index (χ0v) is 11.9. The quantitative estimate of drug-likeness (QED) is 0.590. The summed E-state index contributed by atoms with van der Waals surface area (Å²) in [5.74, 6) is 0.518. The first kappa shape index (κ1) is 15.3. The molecule has 0 aliphatic heterocycles. The van der Waals surface area contributed by atoms with E-state index in [1.807, 2.05) is 19.1 Å². The molecule has 1 aromatic rings. The second-order valence-corrected chi connectivity index (χ2v) is 5.97. The van der Waals surface area contributed by atoms with Gasteiger partial charge in [-0.2, -0.15) is 0 Å². The van der Waals surface area contributed by atoms with Crippen molar-refractivity contribution in [2.75, 3.05) is 29.6 Å².